The first-order valence-corrected chi connectivity index (χ1v) is 6.00. The smallest absolute Gasteiger partial charge is 0.124 e. The van der Waals surface area contributed by atoms with Gasteiger partial charge in [0.1, 0.15) is 10.1 Å². The van der Waals surface area contributed by atoms with Gasteiger partial charge in [-0.3, -0.25) is 0 Å². The maximum atomic E-state index is 10.9. The molecular weight excluding hydrogens is 200 g/mol. The van der Waals surface area contributed by atoms with E-state index in [1.165, 1.54) is 6.07 Å². The summed E-state index contributed by atoms with van der Waals surface area (Å²) in [4.78, 5) is -0.0755. The molecule has 0 N–H and O–H groups in total. The molecule has 0 atom stereocenters. The van der Waals surface area contributed by atoms with Gasteiger partial charge in [-0.25, -0.2) is 8.42 Å². The maximum absolute atomic E-state index is 10.9. The van der Waals surface area contributed by atoms with Crippen molar-refractivity contribution in [3.8, 4) is 0 Å². The SMILES string of the molecule is CCCCc1ccccc1S(=O)(=O)[O-]. The quantitative estimate of drug-likeness (QED) is 0.718. The van der Waals surface area contributed by atoms with Crippen LogP contribution in [0.3, 0.4) is 0 Å². The molecule has 0 bridgehead atoms. The van der Waals surface area contributed by atoms with E-state index >= 15 is 0 Å². The Balaban J connectivity index is 3.04. The Morgan fingerprint density at radius 3 is 2.50 bits per heavy atom. The zero-order valence-electron chi connectivity index (χ0n) is 8.06. The van der Waals surface area contributed by atoms with Gasteiger partial charge in [-0.2, -0.15) is 0 Å². The van der Waals surface area contributed by atoms with Gasteiger partial charge in [-0.05, 0) is 24.5 Å². The van der Waals surface area contributed by atoms with Crippen molar-refractivity contribution in [2.24, 2.45) is 0 Å². The average molecular weight is 213 g/mol. The van der Waals surface area contributed by atoms with Crippen molar-refractivity contribution in [2.75, 3.05) is 0 Å². The average Bonchev–Trinajstić information content (AvgIpc) is 2.14. The van der Waals surface area contributed by atoms with Crippen LogP contribution in [0.5, 0.6) is 0 Å². The first-order valence-electron chi connectivity index (χ1n) is 4.59. The van der Waals surface area contributed by atoms with Crippen LogP contribution in [-0.2, 0) is 16.5 Å². The van der Waals surface area contributed by atoms with Crippen molar-refractivity contribution >= 4 is 10.1 Å². The zero-order chi connectivity index (χ0) is 10.6. The Morgan fingerprint density at radius 2 is 1.93 bits per heavy atom. The Morgan fingerprint density at radius 1 is 1.29 bits per heavy atom. The summed E-state index contributed by atoms with van der Waals surface area (Å²) >= 11 is 0. The summed E-state index contributed by atoms with van der Waals surface area (Å²) < 4.78 is 32.6. The predicted molar refractivity (Wildman–Crippen MR) is 53.0 cm³/mol. The third-order valence-corrected chi connectivity index (χ3v) is 2.98. The fourth-order valence-corrected chi connectivity index (χ4v) is 2.06. The molecule has 1 rings (SSSR count). The molecule has 0 spiro atoms. The van der Waals surface area contributed by atoms with Crippen LogP contribution < -0.4 is 0 Å². The summed E-state index contributed by atoms with van der Waals surface area (Å²) in [7, 11) is -4.31. The highest BCUT2D eigenvalue weighted by atomic mass is 32.2. The van der Waals surface area contributed by atoms with Gasteiger partial charge >= 0.3 is 0 Å². The van der Waals surface area contributed by atoms with Crippen LogP contribution in [-0.4, -0.2) is 13.0 Å². The van der Waals surface area contributed by atoms with Crippen LogP contribution in [0.25, 0.3) is 0 Å². The van der Waals surface area contributed by atoms with Gasteiger partial charge in [0.15, 0.2) is 0 Å². The molecule has 0 unspecified atom stereocenters. The molecule has 0 aliphatic rings. The van der Waals surface area contributed by atoms with E-state index in [1.54, 1.807) is 18.2 Å². The summed E-state index contributed by atoms with van der Waals surface area (Å²) in [6, 6.07) is 6.38. The zero-order valence-corrected chi connectivity index (χ0v) is 8.88. The Hall–Kier alpha value is -0.870. The van der Waals surface area contributed by atoms with Gasteiger partial charge in [0.25, 0.3) is 0 Å². The molecule has 14 heavy (non-hydrogen) atoms. The lowest BCUT2D eigenvalue weighted by atomic mass is 10.1. The summed E-state index contributed by atoms with van der Waals surface area (Å²) in [5.74, 6) is 0. The predicted octanol–water partition coefficient (Wildman–Crippen LogP) is 1.93. The maximum Gasteiger partial charge on any atom is 0.124 e. The number of hydrogen-bond acceptors (Lipinski definition) is 3. The topological polar surface area (TPSA) is 57.2 Å². The van der Waals surface area contributed by atoms with E-state index < -0.39 is 10.1 Å². The molecule has 0 aromatic heterocycles. The third-order valence-electron chi connectivity index (χ3n) is 2.04. The van der Waals surface area contributed by atoms with E-state index in [0.29, 0.717) is 12.0 Å². The number of aryl methyl sites for hydroxylation is 1. The molecule has 0 aliphatic heterocycles. The van der Waals surface area contributed by atoms with Crippen molar-refractivity contribution in [2.45, 2.75) is 31.1 Å². The molecular formula is C10H13O3S-. The number of unbranched alkanes of at least 4 members (excludes halogenated alkanes) is 1. The normalized spacial score (nSPS) is 11.6. The summed E-state index contributed by atoms with van der Waals surface area (Å²) in [6.07, 6.45) is 2.52. The van der Waals surface area contributed by atoms with Crippen molar-refractivity contribution in [3.63, 3.8) is 0 Å². The molecule has 1 aromatic rings. The second kappa shape index (κ2) is 4.57. The van der Waals surface area contributed by atoms with Crippen LogP contribution >= 0.6 is 0 Å². The summed E-state index contributed by atoms with van der Waals surface area (Å²) in [5.41, 5.74) is 0.629. The first kappa shape index (κ1) is 11.2. The second-order valence-corrected chi connectivity index (χ2v) is 4.51. The number of hydrogen-bond donors (Lipinski definition) is 0. The van der Waals surface area contributed by atoms with Crippen molar-refractivity contribution in [3.05, 3.63) is 29.8 Å². The van der Waals surface area contributed by atoms with E-state index in [-0.39, 0.29) is 4.90 Å². The third kappa shape index (κ3) is 2.82. The minimum Gasteiger partial charge on any atom is -0.744 e. The first-order chi connectivity index (χ1) is 6.55. The minimum atomic E-state index is -4.31. The van der Waals surface area contributed by atoms with Gasteiger partial charge in [0.2, 0.25) is 0 Å². The highest BCUT2D eigenvalue weighted by molar-refractivity contribution is 7.85. The monoisotopic (exact) mass is 213 g/mol. The van der Waals surface area contributed by atoms with Crippen LogP contribution in [0.15, 0.2) is 29.2 Å². The van der Waals surface area contributed by atoms with Crippen LogP contribution in [0, 0.1) is 0 Å². The van der Waals surface area contributed by atoms with Gasteiger partial charge in [-0.1, -0.05) is 31.5 Å². The molecule has 0 heterocycles. The van der Waals surface area contributed by atoms with Gasteiger partial charge < -0.3 is 4.55 Å². The minimum absolute atomic E-state index is 0.0755. The molecule has 0 amide bonds. The Bertz CT molecular complexity index is 396. The lowest BCUT2D eigenvalue weighted by molar-refractivity contribution is 0.462. The lowest BCUT2D eigenvalue weighted by Gasteiger charge is -2.11. The van der Waals surface area contributed by atoms with E-state index in [0.717, 1.165) is 12.8 Å². The van der Waals surface area contributed by atoms with Crippen molar-refractivity contribution in [1.82, 2.24) is 0 Å². The van der Waals surface area contributed by atoms with E-state index in [9.17, 15) is 13.0 Å². The molecule has 78 valence electrons. The Labute approximate surface area is 84.5 Å². The fourth-order valence-electron chi connectivity index (χ4n) is 1.32. The van der Waals surface area contributed by atoms with E-state index in [4.69, 9.17) is 0 Å². The van der Waals surface area contributed by atoms with Gasteiger partial charge in [0, 0.05) is 0 Å². The molecule has 0 saturated heterocycles. The van der Waals surface area contributed by atoms with Crippen LogP contribution in [0.1, 0.15) is 25.3 Å². The Kier molecular flexibility index (Phi) is 3.66. The summed E-state index contributed by atoms with van der Waals surface area (Å²) in [6.45, 7) is 2.02. The van der Waals surface area contributed by atoms with Gasteiger partial charge in [0.05, 0.1) is 4.90 Å². The molecule has 3 nitrogen and oxygen atoms in total. The molecule has 4 heteroatoms. The van der Waals surface area contributed by atoms with E-state index in [2.05, 4.69) is 0 Å². The lowest BCUT2D eigenvalue weighted by Crippen LogP contribution is -2.03. The molecule has 0 aliphatic carbocycles. The van der Waals surface area contributed by atoms with Crippen LogP contribution in [0.4, 0.5) is 0 Å². The van der Waals surface area contributed by atoms with E-state index in [1.807, 2.05) is 6.92 Å². The number of rotatable bonds is 4. The molecule has 0 radical (unpaired) electrons. The molecule has 0 saturated carbocycles. The number of benzene rings is 1. The highest BCUT2D eigenvalue weighted by Gasteiger charge is 2.06. The van der Waals surface area contributed by atoms with Crippen LogP contribution in [0.2, 0.25) is 0 Å². The highest BCUT2D eigenvalue weighted by Crippen LogP contribution is 2.16. The van der Waals surface area contributed by atoms with Crippen molar-refractivity contribution < 1.29 is 13.0 Å². The molecule has 1 aromatic carbocycles. The second-order valence-electron chi connectivity index (χ2n) is 3.17. The van der Waals surface area contributed by atoms with Crippen molar-refractivity contribution in [1.29, 1.82) is 0 Å². The van der Waals surface area contributed by atoms with Gasteiger partial charge in [-0.15, -0.1) is 0 Å². The summed E-state index contributed by atoms with van der Waals surface area (Å²) in [5, 5.41) is 0. The largest absolute Gasteiger partial charge is 0.744 e. The standard InChI is InChI=1S/C10H14O3S/c1-2-3-6-9-7-4-5-8-10(9)14(11,12)13/h4-5,7-8H,2-3,6H2,1H3,(H,11,12,13)/p-1. The molecule has 0 fully saturated rings. The fraction of sp³-hybridized carbons (Fsp3) is 0.400.